The molecular weight excluding hydrogens is 291 g/mol. The number of rotatable bonds is 6. The lowest BCUT2D eigenvalue weighted by molar-refractivity contribution is -0.156. The van der Waals surface area contributed by atoms with Gasteiger partial charge in [0.1, 0.15) is 11.9 Å². The highest BCUT2D eigenvalue weighted by molar-refractivity contribution is 6.34. The van der Waals surface area contributed by atoms with E-state index in [1.54, 1.807) is 25.3 Å². The largest absolute Gasteiger partial charge is 0.485 e. The molecule has 1 aliphatic carbocycles. The fraction of sp³-hybridized carbons (Fsp3) is 0.462. The lowest BCUT2D eigenvalue weighted by atomic mass is 9.90. The molecule has 2 rings (SSSR count). The van der Waals surface area contributed by atoms with E-state index in [2.05, 4.69) is 0 Å². The van der Waals surface area contributed by atoms with E-state index in [0.29, 0.717) is 35.4 Å². The average molecular weight is 305 g/mol. The number of ketones is 1. The minimum Gasteiger partial charge on any atom is -0.485 e. The zero-order valence-corrected chi connectivity index (χ0v) is 11.9. The number of carbonyl (C=O) groups is 1. The Kier molecular flexibility index (Phi) is 5.05. The number of hydrogen-bond donors (Lipinski definition) is 0. The highest BCUT2D eigenvalue weighted by Crippen LogP contribution is 2.32. The summed E-state index contributed by atoms with van der Waals surface area (Å²) in [7, 11) is 1.58. The van der Waals surface area contributed by atoms with Crippen LogP contribution in [-0.2, 0) is 14.3 Å². The van der Waals surface area contributed by atoms with Gasteiger partial charge < -0.3 is 14.2 Å². The van der Waals surface area contributed by atoms with Gasteiger partial charge in [0.25, 0.3) is 0 Å². The summed E-state index contributed by atoms with van der Waals surface area (Å²) in [6.07, 6.45) is -0.550. The number of methoxy groups -OCH3 is 1. The van der Waals surface area contributed by atoms with Gasteiger partial charge in [-0.05, 0) is 12.1 Å². The zero-order valence-electron chi connectivity index (χ0n) is 10.4. The van der Waals surface area contributed by atoms with Crippen LogP contribution < -0.4 is 4.74 Å². The predicted octanol–water partition coefficient (Wildman–Crippen LogP) is 2.75. The van der Waals surface area contributed by atoms with Crippen LogP contribution in [0, 0.1) is 0 Å². The van der Waals surface area contributed by atoms with Gasteiger partial charge in [-0.2, -0.15) is 0 Å². The molecule has 0 bridgehead atoms. The topological polar surface area (TPSA) is 44.8 Å². The van der Waals surface area contributed by atoms with Crippen molar-refractivity contribution in [3.05, 3.63) is 28.2 Å². The smallest absolute Gasteiger partial charge is 0.169 e. The normalized spacial score (nSPS) is 22.2. The average Bonchev–Trinajstić information content (AvgIpc) is 2.38. The van der Waals surface area contributed by atoms with Crippen molar-refractivity contribution in [2.75, 3.05) is 20.3 Å². The summed E-state index contributed by atoms with van der Waals surface area (Å²) in [6.45, 7) is 0.796. The Hall–Kier alpha value is -0.810. The third-order valence-corrected chi connectivity index (χ3v) is 3.36. The lowest BCUT2D eigenvalue weighted by Gasteiger charge is -2.34. The first-order valence-electron chi connectivity index (χ1n) is 5.87. The number of benzene rings is 1. The van der Waals surface area contributed by atoms with E-state index in [1.165, 1.54) is 0 Å². The molecule has 4 nitrogen and oxygen atoms in total. The lowest BCUT2D eigenvalue weighted by Crippen LogP contribution is -2.52. The molecule has 1 fully saturated rings. The van der Waals surface area contributed by atoms with Gasteiger partial charge in [-0.3, -0.25) is 4.79 Å². The van der Waals surface area contributed by atoms with E-state index < -0.39 is 6.10 Å². The maximum absolute atomic E-state index is 11.5. The quantitative estimate of drug-likeness (QED) is 0.758. The first-order valence-corrected chi connectivity index (χ1v) is 6.62. The van der Waals surface area contributed by atoms with E-state index in [0.717, 1.165) is 0 Å². The van der Waals surface area contributed by atoms with Crippen molar-refractivity contribution in [1.29, 1.82) is 0 Å². The van der Waals surface area contributed by atoms with Gasteiger partial charge in [0.2, 0.25) is 0 Å². The molecule has 1 aromatic carbocycles. The SMILES string of the molecule is COCCOC1C(=O)CC1Oc1cc(Cl)ccc1Cl. The number of hydrogen-bond acceptors (Lipinski definition) is 4. The minimum absolute atomic E-state index is 0.0271. The Morgan fingerprint density at radius 1 is 1.32 bits per heavy atom. The molecule has 0 saturated heterocycles. The molecule has 104 valence electrons. The number of ether oxygens (including phenoxy) is 3. The van der Waals surface area contributed by atoms with Crippen molar-refractivity contribution < 1.29 is 19.0 Å². The van der Waals surface area contributed by atoms with Crippen LogP contribution in [0.15, 0.2) is 18.2 Å². The van der Waals surface area contributed by atoms with Crippen LogP contribution in [0.1, 0.15) is 6.42 Å². The Bertz CT molecular complexity index is 464. The van der Waals surface area contributed by atoms with Crippen molar-refractivity contribution in [2.45, 2.75) is 18.6 Å². The van der Waals surface area contributed by atoms with E-state index >= 15 is 0 Å². The van der Waals surface area contributed by atoms with Crippen LogP contribution in [0.3, 0.4) is 0 Å². The standard InChI is InChI=1S/C13H14Cl2O4/c1-17-4-5-18-13-10(16)7-12(13)19-11-6-8(14)2-3-9(11)15/h2-3,6,12-13H,4-5,7H2,1H3. The van der Waals surface area contributed by atoms with Gasteiger partial charge in [0, 0.05) is 24.6 Å². The molecule has 2 atom stereocenters. The fourth-order valence-corrected chi connectivity index (χ4v) is 2.09. The van der Waals surface area contributed by atoms with Crippen LogP contribution in [0.25, 0.3) is 0 Å². The van der Waals surface area contributed by atoms with E-state index in [4.69, 9.17) is 37.4 Å². The Labute approximate surface area is 121 Å². The molecule has 0 N–H and O–H groups in total. The van der Waals surface area contributed by atoms with Gasteiger partial charge in [-0.15, -0.1) is 0 Å². The Morgan fingerprint density at radius 3 is 2.79 bits per heavy atom. The predicted molar refractivity (Wildman–Crippen MR) is 72.1 cm³/mol. The first-order chi connectivity index (χ1) is 9.11. The molecule has 1 aliphatic rings. The molecule has 0 spiro atoms. The second-order valence-corrected chi connectivity index (χ2v) is 5.03. The number of Topliss-reactive ketones (excluding diaryl/α,β-unsaturated/α-hetero) is 1. The molecule has 2 unspecified atom stereocenters. The van der Waals surface area contributed by atoms with Crippen LogP contribution >= 0.6 is 23.2 Å². The summed E-state index contributed by atoms with van der Waals surface area (Å²) < 4.78 is 16.0. The molecule has 0 amide bonds. The van der Waals surface area contributed by atoms with Crippen molar-refractivity contribution in [1.82, 2.24) is 0 Å². The van der Waals surface area contributed by atoms with Crippen molar-refractivity contribution in [3.8, 4) is 5.75 Å². The third-order valence-electron chi connectivity index (χ3n) is 2.81. The molecule has 0 aliphatic heterocycles. The van der Waals surface area contributed by atoms with Crippen molar-refractivity contribution in [3.63, 3.8) is 0 Å². The zero-order chi connectivity index (χ0) is 13.8. The molecule has 6 heteroatoms. The minimum atomic E-state index is -0.551. The van der Waals surface area contributed by atoms with Gasteiger partial charge in [-0.1, -0.05) is 23.2 Å². The van der Waals surface area contributed by atoms with E-state index in [-0.39, 0.29) is 11.9 Å². The van der Waals surface area contributed by atoms with E-state index in [9.17, 15) is 4.79 Å². The molecule has 0 aromatic heterocycles. The first kappa shape index (κ1) is 14.6. The Balaban J connectivity index is 1.95. The molecule has 0 heterocycles. The van der Waals surface area contributed by atoms with Crippen LogP contribution in [-0.4, -0.2) is 38.3 Å². The summed E-state index contributed by atoms with van der Waals surface area (Å²) in [6, 6.07) is 4.95. The summed E-state index contributed by atoms with van der Waals surface area (Å²) in [5, 5.41) is 0.987. The number of halogens is 2. The highest BCUT2D eigenvalue weighted by Gasteiger charge is 2.42. The van der Waals surface area contributed by atoms with Crippen LogP contribution in [0.5, 0.6) is 5.75 Å². The van der Waals surface area contributed by atoms with Gasteiger partial charge in [-0.25, -0.2) is 0 Å². The third kappa shape index (κ3) is 3.60. The summed E-state index contributed by atoms with van der Waals surface area (Å²) in [5.41, 5.74) is 0. The van der Waals surface area contributed by atoms with Crippen molar-refractivity contribution in [2.24, 2.45) is 0 Å². The van der Waals surface area contributed by atoms with Crippen molar-refractivity contribution >= 4 is 29.0 Å². The molecule has 19 heavy (non-hydrogen) atoms. The Morgan fingerprint density at radius 2 is 2.11 bits per heavy atom. The van der Waals surface area contributed by atoms with Crippen LogP contribution in [0.4, 0.5) is 0 Å². The van der Waals surface area contributed by atoms with Gasteiger partial charge in [0.15, 0.2) is 11.9 Å². The maximum atomic E-state index is 11.5. The molecule has 1 saturated carbocycles. The summed E-state index contributed by atoms with van der Waals surface area (Å²) in [4.78, 5) is 11.5. The number of carbonyl (C=O) groups excluding carboxylic acids is 1. The monoisotopic (exact) mass is 304 g/mol. The summed E-state index contributed by atoms with van der Waals surface area (Å²) >= 11 is 11.9. The van der Waals surface area contributed by atoms with E-state index in [1.807, 2.05) is 0 Å². The maximum Gasteiger partial charge on any atom is 0.169 e. The second kappa shape index (κ2) is 6.57. The highest BCUT2D eigenvalue weighted by atomic mass is 35.5. The van der Waals surface area contributed by atoms with Gasteiger partial charge >= 0.3 is 0 Å². The molecular formula is C13H14Cl2O4. The molecule has 1 aromatic rings. The van der Waals surface area contributed by atoms with Crippen LogP contribution in [0.2, 0.25) is 10.0 Å². The summed E-state index contributed by atoms with van der Waals surface area (Å²) in [5.74, 6) is 0.492. The van der Waals surface area contributed by atoms with Gasteiger partial charge in [0.05, 0.1) is 18.2 Å². The molecule has 0 radical (unpaired) electrons. The second-order valence-electron chi connectivity index (χ2n) is 4.19. The fourth-order valence-electron chi connectivity index (χ4n) is 1.76.